The lowest BCUT2D eigenvalue weighted by molar-refractivity contribution is -0.117. The maximum absolute atomic E-state index is 12.7. The number of nitrogens with zero attached hydrogens (tertiary/aromatic N) is 1. The first-order chi connectivity index (χ1) is 14.8. The molecule has 0 saturated heterocycles. The van der Waals surface area contributed by atoms with Crippen LogP contribution in [0.5, 0.6) is 5.75 Å². The largest absolute Gasteiger partial charge is 0.511 e. The van der Waals surface area contributed by atoms with Gasteiger partial charge in [0, 0.05) is 30.0 Å². The summed E-state index contributed by atoms with van der Waals surface area (Å²) in [6.07, 6.45) is 2.11. The summed E-state index contributed by atoms with van der Waals surface area (Å²) in [5, 5.41) is 12.6. The van der Waals surface area contributed by atoms with Gasteiger partial charge in [-0.3, -0.25) is 4.79 Å². The number of carbonyl (C=O) groups excluding carboxylic acids is 2. The fourth-order valence-corrected chi connectivity index (χ4v) is 4.43. The number of benzene rings is 1. The van der Waals surface area contributed by atoms with Crippen LogP contribution in [0.3, 0.4) is 0 Å². The lowest BCUT2D eigenvalue weighted by atomic mass is 9.77. The molecule has 1 aliphatic rings. The molecule has 7 heteroatoms. The summed E-state index contributed by atoms with van der Waals surface area (Å²) in [5.41, 5.74) is 1.80. The summed E-state index contributed by atoms with van der Waals surface area (Å²) >= 11 is 1.28. The van der Waals surface area contributed by atoms with Crippen molar-refractivity contribution in [2.45, 2.75) is 40.5 Å². The van der Waals surface area contributed by atoms with Gasteiger partial charge in [0.05, 0.1) is 18.8 Å². The second-order valence-electron chi connectivity index (χ2n) is 8.07. The highest BCUT2D eigenvalue weighted by molar-refractivity contribution is 7.14. The Morgan fingerprint density at radius 1 is 1.19 bits per heavy atom. The highest BCUT2D eigenvalue weighted by Gasteiger charge is 2.32. The molecule has 1 aromatic heterocycles. The number of thiophene rings is 1. The standard InChI is InChI=1S/C24H27NO5S/c1-5-29-16-9-7-15(8-10-16)18-14-31-22(21(18)23(28)30-6-2)25-13-17-19(26)11-24(3,4)12-20(17)27/h7-10,13-14,26H,5-6,11-12H2,1-4H3. The molecule has 31 heavy (non-hydrogen) atoms. The van der Waals surface area contributed by atoms with E-state index in [9.17, 15) is 14.7 Å². The van der Waals surface area contributed by atoms with Crippen molar-refractivity contribution in [2.75, 3.05) is 13.2 Å². The summed E-state index contributed by atoms with van der Waals surface area (Å²) in [5.74, 6) is 0.150. The number of ether oxygens (including phenoxy) is 2. The number of rotatable bonds is 7. The molecular formula is C24H27NO5S. The fraction of sp³-hybridized carbons (Fsp3) is 0.375. The van der Waals surface area contributed by atoms with Crippen molar-refractivity contribution in [3.05, 3.63) is 46.5 Å². The minimum Gasteiger partial charge on any atom is -0.511 e. The van der Waals surface area contributed by atoms with E-state index in [0.717, 1.165) is 11.3 Å². The number of carbonyl (C=O) groups is 2. The van der Waals surface area contributed by atoms with Crippen molar-refractivity contribution >= 4 is 34.3 Å². The summed E-state index contributed by atoms with van der Waals surface area (Å²) in [7, 11) is 0. The molecule has 6 nitrogen and oxygen atoms in total. The monoisotopic (exact) mass is 441 g/mol. The van der Waals surface area contributed by atoms with Gasteiger partial charge < -0.3 is 14.6 Å². The van der Waals surface area contributed by atoms with Crippen LogP contribution in [-0.2, 0) is 9.53 Å². The van der Waals surface area contributed by atoms with E-state index in [1.165, 1.54) is 17.6 Å². The Morgan fingerprint density at radius 3 is 2.52 bits per heavy atom. The summed E-state index contributed by atoms with van der Waals surface area (Å²) in [4.78, 5) is 29.6. The lowest BCUT2D eigenvalue weighted by Crippen LogP contribution is -2.26. The molecule has 164 valence electrons. The number of hydrogen-bond donors (Lipinski definition) is 1. The maximum Gasteiger partial charge on any atom is 0.341 e. The van der Waals surface area contributed by atoms with Crippen molar-refractivity contribution in [1.82, 2.24) is 0 Å². The van der Waals surface area contributed by atoms with Crippen molar-refractivity contribution in [3.63, 3.8) is 0 Å². The van der Waals surface area contributed by atoms with Crippen LogP contribution in [0.2, 0.25) is 0 Å². The van der Waals surface area contributed by atoms with Crippen LogP contribution in [0.4, 0.5) is 5.00 Å². The molecule has 1 heterocycles. The minimum absolute atomic E-state index is 0.0333. The molecular weight excluding hydrogens is 414 g/mol. The third kappa shape index (κ3) is 5.22. The number of aliphatic hydroxyl groups excluding tert-OH is 1. The van der Waals surface area contributed by atoms with Gasteiger partial charge in [-0.15, -0.1) is 11.3 Å². The second kappa shape index (κ2) is 9.47. The first kappa shape index (κ1) is 22.7. The molecule has 0 spiro atoms. The molecule has 0 radical (unpaired) electrons. The van der Waals surface area contributed by atoms with Crippen molar-refractivity contribution in [2.24, 2.45) is 10.4 Å². The molecule has 0 amide bonds. The Hall–Kier alpha value is -2.93. The van der Waals surface area contributed by atoms with Gasteiger partial charge in [-0.1, -0.05) is 26.0 Å². The Balaban J connectivity index is 1.98. The molecule has 0 aliphatic heterocycles. The van der Waals surface area contributed by atoms with Gasteiger partial charge >= 0.3 is 5.97 Å². The zero-order chi connectivity index (χ0) is 22.6. The van der Waals surface area contributed by atoms with Gasteiger partial charge in [-0.05, 0) is 37.0 Å². The van der Waals surface area contributed by atoms with Crippen LogP contribution < -0.4 is 4.74 Å². The quantitative estimate of drug-likeness (QED) is 0.427. The highest BCUT2D eigenvalue weighted by Crippen LogP contribution is 2.39. The molecule has 1 aliphatic carbocycles. The van der Waals surface area contributed by atoms with E-state index in [1.54, 1.807) is 6.92 Å². The van der Waals surface area contributed by atoms with Gasteiger partial charge in [-0.2, -0.15) is 0 Å². The molecule has 3 rings (SSSR count). The van der Waals surface area contributed by atoms with Gasteiger partial charge in [0.1, 0.15) is 22.1 Å². The number of ketones is 1. The molecule has 0 bridgehead atoms. The minimum atomic E-state index is -0.478. The van der Waals surface area contributed by atoms with Gasteiger partial charge in [0.25, 0.3) is 0 Å². The summed E-state index contributed by atoms with van der Waals surface area (Å²) in [6.45, 7) is 8.35. The first-order valence-corrected chi connectivity index (χ1v) is 11.1. The zero-order valence-electron chi connectivity index (χ0n) is 18.2. The summed E-state index contributed by atoms with van der Waals surface area (Å²) in [6, 6.07) is 7.45. The van der Waals surface area contributed by atoms with Gasteiger partial charge in [0.15, 0.2) is 5.78 Å². The van der Waals surface area contributed by atoms with Crippen LogP contribution >= 0.6 is 11.3 Å². The second-order valence-corrected chi connectivity index (χ2v) is 8.93. The predicted octanol–water partition coefficient (Wildman–Crippen LogP) is 5.89. The van der Waals surface area contributed by atoms with Gasteiger partial charge in [-0.25, -0.2) is 9.79 Å². The van der Waals surface area contributed by atoms with Crippen molar-refractivity contribution < 1.29 is 24.2 Å². The molecule has 0 fully saturated rings. The fourth-order valence-electron chi connectivity index (χ4n) is 3.52. The average Bonchev–Trinajstić information content (AvgIpc) is 3.11. The molecule has 0 atom stereocenters. The molecule has 2 aromatic rings. The van der Waals surface area contributed by atoms with Crippen LogP contribution in [0.15, 0.2) is 46.0 Å². The SMILES string of the molecule is CCOC(=O)c1c(-c2ccc(OCC)cc2)csc1N=CC1=C(O)CC(C)(C)CC1=O. The van der Waals surface area contributed by atoms with Crippen molar-refractivity contribution in [3.8, 4) is 16.9 Å². The Labute approximate surface area is 186 Å². The molecule has 0 saturated carbocycles. The first-order valence-electron chi connectivity index (χ1n) is 10.3. The number of aliphatic hydroxyl groups is 1. The molecule has 1 N–H and O–H groups in total. The Kier molecular flexibility index (Phi) is 6.95. The van der Waals surface area contributed by atoms with Gasteiger partial charge in [0.2, 0.25) is 0 Å². The van der Waals surface area contributed by atoms with Crippen LogP contribution in [-0.4, -0.2) is 36.3 Å². The number of esters is 1. The Morgan fingerprint density at radius 2 is 1.90 bits per heavy atom. The average molecular weight is 442 g/mol. The number of allylic oxidation sites excluding steroid dienone is 2. The van der Waals surface area contributed by atoms with E-state index >= 15 is 0 Å². The number of Topliss-reactive ketones (excluding diaryl/α,β-unsaturated/α-hetero) is 1. The van der Waals surface area contributed by atoms with E-state index in [-0.39, 0.29) is 29.1 Å². The van der Waals surface area contributed by atoms with E-state index in [0.29, 0.717) is 35.6 Å². The topological polar surface area (TPSA) is 85.2 Å². The smallest absolute Gasteiger partial charge is 0.341 e. The molecule has 0 unspecified atom stereocenters. The Bertz CT molecular complexity index is 1030. The third-order valence-corrected chi connectivity index (χ3v) is 5.82. The lowest BCUT2D eigenvalue weighted by Gasteiger charge is -2.28. The van der Waals surface area contributed by atoms with Crippen molar-refractivity contribution in [1.29, 1.82) is 0 Å². The van der Waals surface area contributed by atoms with Crippen LogP contribution in [0, 0.1) is 5.41 Å². The zero-order valence-corrected chi connectivity index (χ0v) is 19.0. The number of aliphatic imine (C=N–C) groups is 1. The normalized spacial score (nSPS) is 16.1. The summed E-state index contributed by atoms with van der Waals surface area (Å²) < 4.78 is 10.7. The van der Waals surface area contributed by atoms with Crippen LogP contribution in [0.25, 0.3) is 11.1 Å². The van der Waals surface area contributed by atoms with E-state index in [2.05, 4.69) is 4.99 Å². The predicted molar refractivity (Wildman–Crippen MR) is 123 cm³/mol. The highest BCUT2D eigenvalue weighted by atomic mass is 32.1. The third-order valence-electron chi connectivity index (χ3n) is 4.93. The molecule has 1 aromatic carbocycles. The van der Waals surface area contributed by atoms with E-state index in [4.69, 9.17) is 9.47 Å². The van der Waals surface area contributed by atoms with Crippen LogP contribution in [0.1, 0.15) is 50.9 Å². The maximum atomic E-state index is 12.7. The van der Waals surface area contributed by atoms with E-state index < -0.39 is 5.97 Å². The number of hydrogen-bond acceptors (Lipinski definition) is 7. The van der Waals surface area contributed by atoms with E-state index in [1.807, 2.05) is 50.4 Å².